The van der Waals surface area contributed by atoms with E-state index in [1.54, 1.807) is 12.1 Å². The predicted molar refractivity (Wildman–Crippen MR) is 61.7 cm³/mol. The molecule has 0 spiro atoms. The molecular weight excluding hydrogens is 186 g/mol. The van der Waals surface area contributed by atoms with Gasteiger partial charge in [0.25, 0.3) is 0 Å². The summed E-state index contributed by atoms with van der Waals surface area (Å²) in [4.78, 5) is 0. The normalized spacial score (nSPS) is 10.5. The molecule has 0 aliphatic rings. The van der Waals surface area contributed by atoms with E-state index >= 15 is 0 Å². The predicted octanol–water partition coefficient (Wildman–Crippen LogP) is 3.42. The molecule has 14 heavy (non-hydrogen) atoms. The Labute approximate surface area is 108 Å². The number of hydrogen-bond acceptors (Lipinski definition) is 0. The molecule has 1 aromatic rings. The topological polar surface area (TPSA) is 0 Å². The summed E-state index contributed by atoms with van der Waals surface area (Å²) in [7, 11) is 0. The van der Waals surface area contributed by atoms with Gasteiger partial charge in [0.05, 0.1) is 0 Å². The summed E-state index contributed by atoms with van der Waals surface area (Å²) in [6.45, 7) is 8.33. The Kier molecular flexibility index (Phi) is 5.96. The molecule has 0 aromatic heterocycles. The van der Waals surface area contributed by atoms with E-state index in [2.05, 4.69) is 33.8 Å². The molecule has 0 amide bonds. The van der Waals surface area contributed by atoms with Gasteiger partial charge in [0.15, 0.2) is 0 Å². The number of hydrogen-bond donors (Lipinski definition) is 0. The van der Waals surface area contributed by atoms with Gasteiger partial charge < -0.3 is 0 Å². The zero-order valence-electron chi connectivity index (χ0n) is 8.76. The second kappa shape index (κ2) is 5.89. The molecule has 1 rings (SSSR count). The number of rotatable bonds is 2. The van der Waals surface area contributed by atoms with Crippen LogP contribution >= 0.6 is 0 Å². The Bertz CT molecular complexity index is 266. The van der Waals surface area contributed by atoms with Gasteiger partial charge in [0.2, 0.25) is 0 Å². The standard InChI is InChI=1S/C12H17F.Na.H/c1-8(2)10-5-11(9(3)4)7-12(13)6-10;;/h5-9H,1-4H3;;. The third-order valence-electron chi connectivity index (χ3n) is 2.28. The van der Waals surface area contributed by atoms with Gasteiger partial charge in [-0.3, -0.25) is 0 Å². The van der Waals surface area contributed by atoms with E-state index in [0.29, 0.717) is 11.8 Å². The first-order valence-corrected chi connectivity index (χ1v) is 4.81. The van der Waals surface area contributed by atoms with Crippen LogP contribution in [0.25, 0.3) is 0 Å². The molecule has 1 aromatic carbocycles. The average Bonchev–Trinajstić information content (AvgIpc) is 2.03. The quantitative estimate of drug-likeness (QED) is 0.647. The molecule has 0 atom stereocenters. The molecule has 0 unspecified atom stereocenters. The zero-order chi connectivity index (χ0) is 10.0. The molecule has 0 nitrogen and oxygen atoms in total. The third-order valence-corrected chi connectivity index (χ3v) is 2.28. The van der Waals surface area contributed by atoms with Gasteiger partial charge in [-0.2, -0.15) is 0 Å². The van der Waals surface area contributed by atoms with Gasteiger partial charge in [-0.15, -0.1) is 0 Å². The van der Waals surface area contributed by atoms with Crippen LogP contribution in [-0.2, 0) is 0 Å². The van der Waals surface area contributed by atoms with Gasteiger partial charge >= 0.3 is 29.6 Å². The van der Waals surface area contributed by atoms with Crippen LogP contribution in [0.2, 0.25) is 0 Å². The van der Waals surface area contributed by atoms with E-state index in [1.807, 2.05) is 0 Å². The molecule has 0 bridgehead atoms. The molecule has 74 valence electrons. The van der Waals surface area contributed by atoms with Crippen LogP contribution in [-0.4, -0.2) is 29.6 Å². The van der Waals surface area contributed by atoms with Gasteiger partial charge in [-0.1, -0.05) is 33.8 Å². The molecule has 0 radical (unpaired) electrons. The fourth-order valence-electron chi connectivity index (χ4n) is 1.30. The molecule has 0 aliphatic carbocycles. The summed E-state index contributed by atoms with van der Waals surface area (Å²) >= 11 is 0. The van der Waals surface area contributed by atoms with Crippen molar-refractivity contribution >= 4 is 29.6 Å². The van der Waals surface area contributed by atoms with Crippen molar-refractivity contribution in [3.8, 4) is 0 Å². The van der Waals surface area contributed by atoms with Crippen LogP contribution in [0, 0.1) is 5.82 Å². The summed E-state index contributed by atoms with van der Waals surface area (Å²) in [5, 5.41) is 0. The van der Waals surface area contributed by atoms with E-state index in [1.165, 1.54) is 0 Å². The average molecular weight is 204 g/mol. The molecule has 0 N–H and O–H groups in total. The first kappa shape index (κ1) is 14.2. The van der Waals surface area contributed by atoms with Crippen molar-refractivity contribution in [3.63, 3.8) is 0 Å². The van der Waals surface area contributed by atoms with E-state index in [-0.39, 0.29) is 35.4 Å². The summed E-state index contributed by atoms with van der Waals surface area (Å²) in [6, 6.07) is 5.34. The van der Waals surface area contributed by atoms with Crippen LogP contribution < -0.4 is 0 Å². The second-order valence-corrected chi connectivity index (χ2v) is 4.13. The van der Waals surface area contributed by atoms with Crippen molar-refractivity contribution in [2.45, 2.75) is 39.5 Å². The Balaban J connectivity index is 0.00000169. The summed E-state index contributed by atoms with van der Waals surface area (Å²) in [5.74, 6) is 0.677. The van der Waals surface area contributed by atoms with Crippen LogP contribution in [0.15, 0.2) is 18.2 Å². The molecule has 0 saturated carbocycles. The van der Waals surface area contributed by atoms with Crippen LogP contribution in [0.3, 0.4) is 0 Å². The maximum atomic E-state index is 13.1. The van der Waals surface area contributed by atoms with Crippen molar-refractivity contribution in [1.82, 2.24) is 0 Å². The van der Waals surface area contributed by atoms with E-state index in [0.717, 1.165) is 11.1 Å². The SMILES string of the molecule is CC(C)c1cc(F)cc(C(C)C)c1.[NaH]. The van der Waals surface area contributed by atoms with E-state index < -0.39 is 0 Å². The first-order valence-electron chi connectivity index (χ1n) is 4.81. The number of benzene rings is 1. The molecule has 0 aliphatic heterocycles. The number of halogens is 1. The van der Waals surface area contributed by atoms with Gasteiger partial charge in [-0.25, -0.2) is 4.39 Å². The van der Waals surface area contributed by atoms with Crippen molar-refractivity contribution in [2.24, 2.45) is 0 Å². The molecule has 0 fully saturated rings. The minimum absolute atomic E-state index is 0. The monoisotopic (exact) mass is 204 g/mol. The van der Waals surface area contributed by atoms with Crippen molar-refractivity contribution in [1.29, 1.82) is 0 Å². The van der Waals surface area contributed by atoms with Crippen molar-refractivity contribution < 1.29 is 4.39 Å². The maximum absolute atomic E-state index is 13.1. The molecule has 0 saturated heterocycles. The summed E-state index contributed by atoms with van der Waals surface area (Å²) < 4.78 is 13.1. The van der Waals surface area contributed by atoms with Crippen LogP contribution in [0.5, 0.6) is 0 Å². The molecule has 0 heterocycles. The Morgan fingerprint density at radius 3 is 1.50 bits per heavy atom. The third kappa shape index (κ3) is 3.72. The zero-order valence-corrected chi connectivity index (χ0v) is 8.76. The van der Waals surface area contributed by atoms with Crippen LogP contribution in [0.4, 0.5) is 4.39 Å². The van der Waals surface area contributed by atoms with E-state index in [4.69, 9.17) is 0 Å². The fraction of sp³-hybridized carbons (Fsp3) is 0.500. The van der Waals surface area contributed by atoms with Gasteiger partial charge in [0.1, 0.15) is 5.82 Å². The second-order valence-electron chi connectivity index (χ2n) is 4.13. The molecule has 2 heteroatoms. The van der Waals surface area contributed by atoms with Crippen molar-refractivity contribution in [2.75, 3.05) is 0 Å². The summed E-state index contributed by atoms with van der Waals surface area (Å²) in [6.07, 6.45) is 0. The first-order chi connectivity index (χ1) is 6.00. The Morgan fingerprint density at radius 2 is 1.21 bits per heavy atom. The van der Waals surface area contributed by atoms with E-state index in [9.17, 15) is 4.39 Å². The Morgan fingerprint density at radius 1 is 0.857 bits per heavy atom. The molecular formula is C12H18FNa. The van der Waals surface area contributed by atoms with Crippen LogP contribution in [0.1, 0.15) is 50.7 Å². The van der Waals surface area contributed by atoms with Gasteiger partial charge in [-0.05, 0) is 35.1 Å². The fourth-order valence-corrected chi connectivity index (χ4v) is 1.30. The minimum atomic E-state index is -0.116. The van der Waals surface area contributed by atoms with Crippen molar-refractivity contribution in [3.05, 3.63) is 35.1 Å². The Hall–Kier alpha value is 0.150. The summed E-state index contributed by atoms with van der Waals surface area (Å²) in [5.41, 5.74) is 2.17. The van der Waals surface area contributed by atoms with Gasteiger partial charge in [0, 0.05) is 0 Å².